The smallest absolute Gasteiger partial charge is 0.0832 e. The molecule has 0 amide bonds. The van der Waals surface area contributed by atoms with Crippen molar-refractivity contribution in [3.63, 3.8) is 0 Å². The monoisotopic (exact) mass is 297 g/mol. The van der Waals surface area contributed by atoms with Crippen molar-refractivity contribution in [1.82, 2.24) is 15.0 Å². The molecule has 0 fully saturated rings. The maximum atomic E-state index is 4.26. The fourth-order valence-electron chi connectivity index (χ4n) is 2.75. The Hall–Kier alpha value is -0.860. The minimum absolute atomic E-state index is 0.283. The Balaban J connectivity index is 0. The zero-order valence-corrected chi connectivity index (χ0v) is 16.2. The van der Waals surface area contributed by atoms with Gasteiger partial charge in [0.2, 0.25) is 0 Å². The highest BCUT2D eigenvalue weighted by molar-refractivity contribution is 4.97. The summed E-state index contributed by atoms with van der Waals surface area (Å²) in [5, 5.41) is 8.42. The van der Waals surface area contributed by atoms with Crippen LogP contribution in [0.15, 0.2) is 6.20 Å². The average Bonchev–Trinajstić information content (AvgIpc) is 2.78. The molecule has 3 nitrogen and oxygen atoms in total. The predicted molar refractivity (Wildman–Crippen MR) is 94.6 cm³/mol. The van der Waals surface area contributed by atoms with Gasteiger partial charge in [-0.15, -0.1) is 5.10 Å². The van der Waals surface area contributed by atoms with Crippen LogP contribution in [0.25, 0.3) is 0 Å². The SMILES string of the molecule is CC.CC.CCCn1cc(CC(C)(C)CC(C)(C)C)nn1. The van der Waals surface area contributed by atoms with Crippen molar-refractivity contribution in [2.75, 3.05) is 0 Å². The van der Waals surface area contributed by atoms with Crippen LogP contribution in [-0.2, 0) is 13.0 Å². The molecule has 0 aromatic carbocycles. The Morgan fingerprint density at radius 1 is 1.00 bits per heavy atom. The molecule has 21 heavy (non-hydrogen) atoms. The number of hydrogen-bond donors (Lipinski definition) is 0. The van der Waals surface area contributed by atoms with E-state index in [4.69, 9.17) is 0 Å². The van der Waals surface area contributed by atoms with Gasteiger partial charge in [0.05, 0.1) is 5.69 Å². The normalized spacial score (nSPS) is 11.1. The highest BCUT2D eigenvalue weighted by Crippen LogP contribution is 2.35. The van der Waals surface area contributed by atoms with Crippen molar-refractivity contribution in [3.8, 4) is 0 Å². The van der Waals surface area contributed by atoms with Gasteiger partial charge in [0.15, 0.2) is 0 Å². The quantitative estimate of drug-likeness (QED) is 0.693. The second-order valence-corrected chi connectivity index (χ2v) is 7.05. The third-order valence-corrected chi connectivity index (χ3v) is 2.71. The summed E-state index contributed by atoms with van der Waals surface area (Å²) in [5.74, 6) is 0. The van der Waals surface area contributed by atoms with Crippen LogP contribution in [0.3, 0.4) is 0 Å². The van der Waals surface area contributed by atoms with E-state index in [1.165, 1.54) is 6.42 Å². The largest absolute Gasteiger partial charge is 0.252 e. The molecule has 0 saturated carbocycles. The van der Waals surface area contributed by atoms with Crippen LogP contribution in [0.4, 0.5) is 0 Å². The van der Waals surface area contributed by atoms with Gasteiger partial charge in [0.1, 0.15) is 0 Å². The molecule has 0 unspecified atom stereocenters. The number of aryl methyl sites for hydroxylation is 1. The molecule has 1 heterocycles. The summed E-state index contributed by atoms with van der Waals surface area (Å²) in [4.78, 5) is 0. The first-order valence-corrected chi connectivity index (χ1v) is 8.61. The summed E-state index contributed by atoms with van der Waals surface area (Å²) in [7, 11) is 0. The van der Waals surface area contributed by atoms with E-state index in [1.54, 1.807) is 0 Å². The molecule has 0 saturated heterocycles. The van der Waals surface area contributed by atoms with Gasteiger partial charge in [-0.25, -0.2) is 0 Å². The molecule has 0 bridgehead atoms. The van der Waals surface area contributed by atoms with Crippen molar-refractivity contribution in [2.45, 2.75) is 95.0 Å². The molecule has 0 aliphatic rings. The second-order valence-electron chi connectivity index (χ2n) is 7.05. The van der Waals surface area contributed by atoms with Gasteiger partial charge >= 0.3 is 0 Å². The molecule has 3 heteroatoms. The zero-order chi connectivity index (χ0) is 17.1. The average molecular weight is 298 g/mol. The first-order valence-electron chi connectivity index (χ1n) is 8.61. The third-order valence-electron chi connectivity index (χ3n) is 2.71. The lowest BCUT2D eigenvalue weighted by Gasteiger charge is -2.31. The maximum absolute atomic E-state index is 4.26. The van der Waals surface area contributed by atoms with Crippen molar-refractivity contribution in [3.05, 3.63) is 11.9 Å². The van der Waals surface area contributed by atoms with Crippen LogP contribution in [0.5, 0.6) is 0 Å². The molecular formula is C18H39N3. The summed E-state index contributed by atoms with van der Waals surface area (Å²) >= 11 is 0. The van der Waals surface area contributed by atoms with Gasteiger partial charge < -0.3 is 0 Å². The van der Waals surface area contributed by atoms with Gasteiger partial charge in [-0.05, 0) is 30.1 Å². The van der Waals surface area contributed by atoms with Gasteiger partial charge in [0, 0.05) is 12.7 Å². The molecule has 126 valence electrons. The lowest BCUT2D eigenvalue weighted by atomic mass is 9.74. The lowest BCUT2D eigenvalue weighted by Crippen LogP contribution is -2.23. The van der Waals surface area contributed by atoms with Crippen LogP contribution in [-0.4, -0.2) is 15.0 Å². The van der Waals surface area contributed by atoms with Crippen molar-refractivity contribution < 1.29 is 0 Å². The summed E-state index contributed by atoms with van der Waals surface area (Å²) in [6, 6.07) is 0. The number of nitrogens with zero attached hydrogens (tertiary/aromatic N) is 3. The summed E-state index contributed by atoms with van der Waals surface area (Å²) in [6.07, 6.45) is 5.40. The lowest BCUT2D eigenvalue weighted by molar-refractivity contribution is 0.210. The zero-order valence-electron chi connectivity index (χ0n) is 16.2. The molecule has 0 aliphatic heterocycles. The fraction of sp³-hybridized carbons (Fsp3) is 0.889. The van der Waals surface area contributed by atoms with E-state index in [9.17, 15) is 0 Å². The highest BCUT2D eigenvalue weighted by atomic mass is 15.4. The van der Waals surface area contributed by atoms with Crippen LogP contribution < -0.4 is 0 Å². The Labute approximate surface area is 133 Å². The third kappa shape index (κ3) is 11.5. The van der Waals surface area contributed by atoms with Crippen molar-refractivity contribution >= 4 is 0 Å². The molecule has 1 rings (SSSR count). The summed E-state index contributed by atoms with van der Waals surface area (Å²) in [5.41, 5.74) is 1.77. The number of aromatic nitrogens is 3. The number of hydrogen-bond acceptors (Lipinski definition) is 2. The molecule has 0 aliphatic carbocycles. The minimum Gasteiger partial charge on any atom is -0.252 e. The van der Waals surface area contributed by atoms with E-state index in [-0.39, 0.29) is 5.41 Å². The molecule has 0 radical (unpaired) electrons. The molecule has 0 spiro atoms. The maximum Gasteiger partial charge on any atom is 0.0832 e. The molecular weight excluding hydrogens is 258 g/mol. The van der Waals surface area contributed by atoms with E-state index in [2.05, 4.69) is 58.1 Å². The van der Waals surface area contributed by atoms with Gasteiger partial charge in [-0.1, -0.05) is 74.5 Å². The van der Waals surface area contributed by atoms with E-state index in [1.807, 2.05) is 32.4 Å². The first-order chi connectivity index (χ1) is 9.72. The molecule has 1 aromatic heterocycles. The van der Waals surface area contributed by atoms with Gasteiger partial charge in [-0.2, -0.15) is 0 Å². The summed E-state index contributed by atoms with van der Waals surface area (Å²) < 4.78 is 1.95. The van der Waals surface area contributed by atoms with Crippen molar-refractivity contribution in [1.29, 1.82) is 0 Å². The minimum atomic E-state index is 0.283. The fourth-order valence-corrected chi connectivity index (χ4v) is 2.75. The topological polar surface area (TPSA) is 30.7 Å². The van der Waals surface area contributed by atoms with E-state index in [0.29, 0.717) is 5.41 Å². The Kier molecular flexibility index (Phi) is 11.5. The second kappa shape index (κ2) is 10.8. The van der Waals surface area contributed by atoms with Gasteiger partial charge in [0.25, 0.3) is 0 Å². The van der Waals surface area contributed by atoms with Crippen LogP contribution in [0.2, 0.25) is 0 Å². The van der Waals surface area contributed by atoms with Crippen LogP contribution >= 0.6 is 0 Å². The first kappa shape index (κ1) is 22.4. The number of rotatable bonds is 5. The molecule has 0 atom stereocenters. The Morgan fingerprint density at radius 3 is 1.95 bits per heavy atom. The van der Waals surface area contributed by atoms with E-state index >= 15 is 0 Å². The van der Waals surface area contributed by atoms with E-state index < -0.39 is 0 Å². The standard InChI is InChI=1S/C14H27N3.2C2H6/c1-7-8-17-10-12(15-16-17)9-14(5,6)11-13(2,3)4;2*1-2/h10H,7-9,11H2,1-6H3;2*1-2H3. The Morgan fingerprint density at radius 2 is 1.52 bits per heavy atom. The van der Waals surface area contributed by atoms with Crippen LogP contribution in [0, 0.1) is 10.8 Å². The Bertz CT molecular complexity index is 346. The molecule has 1 aromatic rings. The van der Waals surface area contributed by atoms with Crippen LogP contribution in [0.1, 0.15) is 87.8 Å². The van der Waals surface area contributed by atoms with E-state index in [0.717, 1.165) is 25.1 Å². The highest BCUT2D eigenvalue weighted by Gasteiger charge is 2.26. The van der Waals surface area contributed by atoms with Gasteiger partial charge in [-0.3, -0.25) is 4.68 Å². The molecule has 0 N–H and O–H groups in total. The van der Waals surface area contributed by atoms with Crippen molar-refractivity contribution in [2.24, 2.45) is 10.8 Å². The summed E-state index contributed by atoms with van der Waals surface area (Å²) in [6.45, 7) is 22.6. The predicted octanol–water partition coefficient (Wildman–Crippen LogP) is 5.75.